The van der Waals surface area contributed by atoms with E-state index in [1.165, 1.54) is 0 Å². The van der Waals surface area contributed by atoms with Crippen LogP contribution < -0.4 is 4.90 Å². The third-order valence-corrected chi connectivity index (χ3v) is 3.34. The van der Waals surface area contributed by atoms with Gasteiger partial charge in [0, 0.05) is 36.1 Å². The lowest BCUT2D eigenvalue weighted by molar-refractivity contribution is -0.0220. The van der Waals surface area contributed by atoms with Gasteiger partial charge in [0.1, 0.15) is 0 Å². The molecule has 88 valence electrons. The zero-order valence-corrected chi connectivity index (χ0v) is 10.7. The number of hydrogen-bond donors (Lipinski definition) is 0. The van der Waals surface area contributed by atoms with Gasteiger partial charge >= 0.3 is 0 Å². The number of benzene rings is 1. The highest BCUT2D eigenvalue weighted by Crippen LogP contribution is 2.31. The fourth-order valence-electron chi connectivity index (χ4n) is 1.99. The quantitative estimate of drug-likeness (QED) is 0.756. The molecule has 2 rings (SSSR count). The van der Waals surface area contributed by atoms with E-state index in [4.69, 9.17) is 0 Å². The Morgan fingerprint density at radius 2 is 1.81 bits per heavy atom. The monoisotopic (exact) mass is 289 g/mol. The zero-order chi connectivity index (χ0) is 11.8. The van der Waals surface area contributed by atoms with Gasteiger partial charge in [-0.2, -0.15) is 0 Å². The summed E-state index contributed by atoms with van der Waals surface area (Å²) in [5.74, 6) is -2.47. The van der Waals surface area contributed by atoms with E-state index in [2.05, 4.69) is 15.9 Å². The molecule has 1 heterocycles. The second-order valence-electron chi connectivity index (χ2n) is 4.33. The lowest BCUT2D eigenvalue weighted by Gasteiger charge is -2.33. The summed E-state index contributed by atoms with van der Waals surface area (Å²) in [4.78, 5) is 2.02. The standard InChI is InChI=1S/C12H14BrF2N/c1-9-6-10(13)8-11(7-9)16-4-2-12(14,15)3-5-16/h6-8H,2-5H2,1H3. The van der Waals surface area contributed by atoms with Crippen molar-refractivity contribution in [2.24, 2.45) is 0 Å². The Morgan fingerprint density at radius 1 is 1.19 bits per heavy atom. The van der Waals surface area contributed by atoms with Gasteiger partial charge in [0.2, 0.25) is 0 Å². The minimum atomic E-state index is -2.47. The number of halogens is 3. The first-order valence-electron chi connectivity index (χ1n) is 5.36. The summed E-state index contributed by atoms with van der Waals surface area (Å²) in [5.41, 5.74) is 2.17. The number of rotatable bonds is 1. The molecule has 1 aromatic rings. The van der Waals surface area contributed by atoms with Gasteiger partial charge in [-0.15, -0.1) is 0 Å². The first-order valence-corrected chi connectivity index (χ1v) is 6.16. The van der Waals surface area contributed by atoms with Crippen LogP contribution in [0.2, 0.25) is 0 Å². The molecule has 0 radical (unpaired) electrons. The molecule has 16 heavy (non-hydrogen) atoms. The number of alkyl halides is 2. The van der Waals surface area contributed by atoms with Gasteiger partial charge in [0.25, 0.3) is 5.92 Å². The molecule has 1 aliphatic rings. The molecule has 1 aliphatic heterocycles. The van der Waals surface area contributed by atoms with Gasteiger partial charge in [0.15, 0.2) is 0 Å². The first kappa shape index (κ1) is 11.8. The maximum Gasteiger partial charge on any atom is 0.251 e. The Hall–Kier alpha value is -0.640. The number of anilines is 1. The van der Waals surface area contributed by atoms with Crippen molar-refractivity contribution in [2.75, 3.05) is 18.0 Å². The second-order valence-corrected chi connectivity index (χ2v) is 5.25. The lowest BCUT2D eigenvalue weighted by atomic mass is 10.1. The fraction of sp³-hybridized carbons (Fsp3) is 0.500. The van der Waals surface area contributed by atoms with Crippen molar-refractivity contribution in [3.8, 4) is 0 Å². The SMILES string of the molecule is Cc1cc(Br)cc(N2CCC(F)(F)CC2)c1. The Morgan fingerprint density at radius 3 is 2.38 bits per heavy atom. The van der Waals surface area contributed by atoms with Gasteiger partial charge in [-0.25, -0.2) is 8.78 Å². The van der Waals surface area contributed by atoms with Gasteiger partial charge in [-0.05, 0) is 30.7 Å². The normalized spacial score (nSPS) is 19.9. The Balaban J connectivity index is 2.14. The van der Waals surface area contributed by atoms with Crippen molar-refractivity contribution in [3.63, 3.8) is 0 Å². The molecule has 0 N–H and O–H groups in total. The Kier molecular flexibility index (Phi) is 3.19. The van der Waals surface area contributed by atoms with E-state index >= 15 is 0 Å². The van der Waals surface area contributed by atoms with Gasteiger partial charge in [-0.3, -0.25) is 0 Å². The van der Waals surface area contributed by atoms with Crippen molar-refractivity contribution < 1.29 is 8.78 Å². The average Bonchev–Trinajstić information content (AvgIpc) is 2.15. The average molecular weight is 290 g/mol. The van der Waals surface area contributed by atoms with Gasteiger partial charge < -0.3 is 4.90 Å². The fourth-order valence-corrected chi connectivity index (χ4v) is 2.59. The number of piperidine rings is 1. The number of hydrogen-bond acceptors (Lipinski definition) is 1. The predicted octanol–water partition coefficient (Wildman–Crippen LogP) is 3.99. The lowest BCUT2D eigenvalue weighted by Crippen LogP contribution is -2.39. The smallest absolute Gasteiger partial charge is 0.251 e. The maximum atomic E-state index is 13.0. The topological polar surface area (TPSA) is 3.24 Å². The van der Waals surface area contributed by atoms with Crippen LogP contribution >= 0.6 is 15.9 Å². The van der Waals surface area contributed by atoms with Crippen LogP contribution in [0, 0.1) is 6.92 Å². The molecule has 1 fully saturated rings. The van der Waals surface area contributed by atoms with E-state index in [0.717, 1.165) is 15.7 Å². The number of aryl methyl sites for hydroxylation is 1. The summed E-state index contributed by atoms with van der Waals surface area (Å²) >= 11 is 3.43. The van der Waals surface area contributed by atoms with Crippen LogP contribution in [0.5, 0.6) is 0 Å². The highest BCUT2D eigenvalue weighted by Gasteiger charge is 2.34. The predicted molar refractivity (Wildman–Crippen MR) is 65.3 cm³/mol. The molecule has 0 amide bonds. The van der Waals surface area contributed by atoms with Crippen LogP contribution in [0.3, 0.4) is 0 Å². The molecule has 0 aromatic heterocycles. The van der Waals surface area contributed by atoms with Crippen molar-refractivity contribution in [1.82, 2.24) is 0 Å². The van der Waals surface area contributed by atoms with Crippen LogP contribution in [0.15, 0.2) is 22.7 Å². The molecule has 4 heteroatoms. The summed E-state index contributed by atoms with van der Waals surface area (Å²) in [6.07, 6.45) is -0.0862. The summed E-state index contributed by atoms with van der Waals surface area (Å²) in [6, 6.07) is 6.03. The van der Waals surface area contributed by atoms with E-state index in [9.17, 15) is 8.78 Å². The van der Waals surface area contributed by atoms with Crippen molar-refractivity contribution >= 4 is 21.6 Å². The molecule has 0 bridgehead atoms. The third kappa shape index (κ3) is 2.73. The molecule has 0 atom stereocenters. The third-order valence-electron chi connectivity index (χ3n) is 2.89. The zero-order valence-electron chi connectivity index (χ0n) is 9.14. The van der Waals surface area contributed by atoms with Gasteiger partial charge in [0.05, 0.1) is 0 Å². The van der Waals surface area contributed by atoms with Crippen LogP contribution in [-0.4, -0.2) is 19.0 Å². The van der Waals surface area contributed by atoms with Crippen LogP contribution in [-0.2, 0) is 0 Å². The summed E-state index contributed by atoms with van der Waals surface area (Å²) in [5, 5.41) is 0. The van der Waals surface area contributed by atoms with Crippen molar-refractivity contribution in [3.05, 3.63) is 28.2 Å². The maximum absolute atomic E-state index is 13.0. The minimum absolute atomic E-state index is 0.0431. The molecular formula is C12H14BrF2N. The molecule has 1 saturated heterocycles. The van der Waals surface area contributed by atoms with Crippen LogP contribution in [0.1, 0.15) is 18.4 Å². The largest absolute Gasteiger partial charge is 0.371 e. The van der Waals surface area contributed by atoms with E-state index < -0.39 is 5.92 Å². The van der Waals surface area contributed by atoms with Crippen molar-refractivity contribution in [2.45, 2.75) is 25.7 Å². The number of nitrogens with zero attached hydrogens (tertiary/aromatic N) is 1. The first-order chi connectivity index (χ1) is 7.46. The molecule has 0 saturated carbocycles. The molecule has 0 aliphatic carbocycles. The molecule has 0 spiro atoms. The van der Waals surface area contributed by atoms with E-state index in [1.54, 1.807) is 0 Å². The summed E-state index contributed by atoms with van der Waals surface area (Å²) < 4.78 is 27.0. The van der Waals surface area contributed by atoms with E-state index in [0.29, 0.717) is 13.1 Å². The highest BCUT2D eigenvalue weighted by atomic mass is 79.9. The molecule has 0 unspecified atom stereocenters. The van der Waals surface area contributed by atoms with Gasteiger partial charge in [-0.1, -0.05) is 15.9 Å². The Labute approximate surface area is 103 Å². The summed E-state index contributed by atoms with van der Waals surface area (Å²) in [7, 11) is 0. The van der Waals surface area contributed by atoms with Crippen LogP contribution in [0.4, 0.5) is 14.5 Å². The van der Waals surface area contributed by atoms with E-state index in [-0.39, 0.29) is 12.8 Å². The highest BCUT2D eigenvalue weighted by molar-refractivity contribution is 9.10. The van der Waals surface area contributed by atoms with E-state index in [1.807, 2.05) is 30.0 Å². The second kappa shape index (κ2) is 4.32. The molecule has 1 nitrogen and oxygen atoms in total. The molecule has 1 aromatic carbocycles. The van der Waals surface area contributed by atoms with Crippen molar-refractivity contribution in [1.29, 1.82) is 0 Å². The van der Waals surface area contributed by atoms with Crippen LogP contribution in [0.25, 0.3) is 0 Å². The molecular weight excluding hydrogens is 276 g/mol. The summed E-state index contributed by atoms with van der Waals surface area (Å²) in [6.45, 7) is 2.87. The minimum Gasteiger partial charge on any atom is -0.371 e. The Bertz CT molecular complexity index is 362.